The number of nitrogens with one attached hydrogen (secondary N) is 1. The third kappa shape index (κ3) is 3.42. The highest BCUT2D eigenvalue weighted by molar-refractivity contribution is 6.07. The van der Waals surface area contributed by atoms with Crippen molar-refractivity contribution in [3.8, 4) is 16.9 Å². The molecule has 4 rings (SSSR count). The van der Waals surface area contributed by atoms with Crippen molar-refractivity contribution in [2.45, 2.75) is 25.8 Å². The Balaban J connectivity index is 1.73. The number of hydrogen-bond donors (Lipinski definition) is 1. The van der Waals surface area contributed by atoms with Crippen molar-refractivity contribution in [1.82, 2.24) is 20.1 Å². The summed E-state index contributed by atoms with van der Waals surface area (Å²) in [4.78, 5) is 24.8. The number of hydrazone groups is 1. The molecule has 0 saturated carbocycles. The monoisotopic (exact) mass is 387 g/mol. The second-order valence-corrected chi connectivity index (χ2v) is 7.06. The van der Waals surface area contributed by atoms with Gasteiger partial charge in [-0.3, -0.25) is 4.79 Å². The van der Waals surface area contributed by atoms with Crippen molar-refractivity contribution in [3.63, 3.8) is 0 Å². The molecule has 2 aromatic carbocycles. The average Bonchev–Trinajstić information content (AvgIpc) is 3.27. The van der Waals surface area contributed by atoms with Gasteiger partial charge in [0.05, 0.1) is 11.9 Å². The van der Waals surface area contributed by atoms with E-state index in [2.05, 4.69) is 10.4 Å². The van der Waals surface area contributed by atoms with Gasteiger partial charge in [0.15, 0.2) is 0 Å². The zero-order valence-electron chi connectivity index (χ0n) is 16.2. The Bertz CT molecular complexity index is 1080. The molecule has 0 spiro atoms. The van der Waals surface area contributed by atoms with Crippen molar-refractivity contribution in [2.24, 2.45) is 5.10 Å². The predicted octanol–water partition coefficient (Wildman–Crippen LogP) is 3.59. The van der Waals surface area contributed by atoms with Gasteiger partial charge in [-0.15, -0.1) is 5.01 Å². The number of urea groups is 1. The molecule has 29 heavy (non-hydrogen) atoms. The number of amides is 3. The molecule has 3 amide bonds. The molecule has 7 nitrogen and oxygen atoms in total. The van der Waals surface area contributed by atoms with Crippen LogP contribution in [0.1, 0.15) is 25.8 Å². The van der Waals surface area contributed by atoms with E-state index in [1.807, 2.05) is 73.8 Å². The lowest BCUT2D eigenvalue weighted by molar-refractivity contribution is -0.130. The summed E-state index contributed by atoms with van der Waals surface area (Å²) < 4.78 is 1.76. The number of benzene rings is 2. The maximum atomic E-state index is 12.6. The maximum absolute atomic E-state index is 12.6. The van der Waals surface area contributed by atoms with Crippen molar-refractivity contribution >= 4 is 18.2 Å². The van der Waals surface area contributed by atoms with Gasteiger partial charge in [0.2, 0.25) is 0 Å². The molecule has 2 heterocycles. The van der Waals surface area contributed by atoms with E-state index >= 15 is 0 Å². The highest BCUT2D eigenvalue weighted by atomic mass is 16.2. The summed E-state index contributed by atoms with van der Waals surface area (Å²) in [5, 5.41) is 12.5. The van der Waals surface area contributed by atoms with Crippen LogP contribution in [0.15, 0.2) is 72.0 Å². The molecule has 1 atom stereocenters. The van der Waals surface area contributed by atoms with Crippen LogP contribution >= 0.6 is 0 Å². The van der Waals surface area contributed by atoms with Gasteiger partial charge < -0.3 is 5.32 Å². The first-order valence-electron chi connectivity index (χ1n) is 9.43. The van der Waals surface area contributed by atoms with Gasteiger partial charge in [-0.25, -0.2) is 9.48 Å². The number of nitrogens with zero attached hydrogens (tertiary/aromatic N) is 4. The smallest absolute Gasteiger partial charge is 0.322 e. The van der Waals surface area contributed by atoms with E-state index in [1.54, 1.807) is 11.6 Å². The highest BCUT2D eigenvalue weighted by Crippen LogP contribution is 2.24. The van der Waals surface area contributed by atoms with Crippen LogP contribution in [0.3, 0.4) is 0 Å². The highest BCUT2D eigenvalue weighted by Gasteiger charge is 2.46. The molecule has 146 valence electrons. The van der Waals surface area contributed by atoms with Crippen LogP contribution in [0, 0.1) is 0 Å². The SMILES string of the molecule is CCC1(C)NC(=O)N(N=Cc2cn(-c3ccccc3)nc2-c2ccccc2)C1=O. The van der Waals surface area contributed by atoms with Crippen LogP contribution in [0.4, 0.5) is 4.79 Å². The third-order valence-corrected chi connectivity index (χ3v) is 5.07. The number of rotatable bonds is 5. The Morgan fingerprint density at radius 3 is 2.34 bits per heavy atom. The van der Waals surface area contributed by atoms with Crippen molar-refractivity contribution in [1.29, 1.82) is 0 Å². The lowest BCUT2D eigenvalue weighted by Gasteiger charge is -2.17. The Morgan fingerprint density at radius 2 is 1.72 bits per heavy atom. The van der Waals surface area contributed by atoms with Crippen LogP contribution in [0.5, 0.6) is 0 Å². The van der Waals surface area contributed by atoms with Crippen LogP contribution < -0.4 is 5.32 Å². The van der Waals surface area contributed by atoms with E-state index < -0.39 is 11.6 Å². The lowest BCUT2D eigenvalue weighted by atomic mass is 10.00. The molecule has 1 saturated heterocycles. The van der Waals surface area contributed by atoms with E-state index in [9.17, 15) is 9.59 Å². The molecule has 1 aliphatic rings. The summed E-state index contributed by atoms with van der Waals surface area (Å²) in [6.45, 7) is 3.55. The minimum absolute atomic E-state index is 0.363. The standard InChI is InChI=1S/C22H21N5O2/c1-3-22(2)20(28)27(21(29)24-22)23-14-17-15-26(18-12-8-5-9-13-18)25-19(17)16-10-6-4-7-11-16/h4-15H,3H2,1-2H3,(H,24,29). The zero-order valence-corrected chi connectivity index (χ0v) is 16.2. The van der Waals surface area contributed by atoms with Crippen molar-refractivity contribution in [3.05, 3.63) is 72.4 Å². The van der Waals surface area contributed by atoms with Gasteiger partial charge in [0.1, 0.15) is 11.2 Å². The molecule has 0 aliphatic carbocycles. The quantitative estimate of drug-likeness (QED) is 0.537. The largest absolute Gasteiger partial charge is 0.346 e. The van der Waals surface area contributed by atoms with Gasteiger partial charge in [-0.05, 0) is 25.5 Å². The summed E-state index contributed by atoms with van der Waals surface area (Å²) in [6, 6.07) is 18.9. The second kappa shape index (κ2) is 7.35. The lowest BCUT2D eigenvalue weighted by Crippen LogP contribution is -2.42. The predicted molar refractivity (Wildman–Crippen MR) is 111 cm³/mol. The van der Waals surface area contributed by atoms with Gasteiger partial charge in [0, 0.05) is 17.3 Å². The second-order valence-electron chi connectivity index (χ2n) is 7.06. The van der Waals surface area contributed by atoms with E-state index in [4.69, 9.17) is 5.10 Å². The topological polar surface area (TPSA) is 79.6 Å². The molecule has 3 aromatic rings. The third-order valence-electron chi connectivity index (χ3n) is 5.07. The fraction of sp³-hybridized carbons (Fsp3) is 0.182. The Hall–Kier alpha value is -3.74. The van der Waals surface area contributed by atoms with Gasteiger partial charge in [-0.1, -0.05) is 55.5 Å². The number of aromatic nitrogens is 2. The molecule has 0 bridgehead atoms. The number of carbonyl (C=O) groups is 2. The van der Waals surface area contributed by atoms with Crippen LogP contribution in [0.25, 0.3) is 16.9 Å². The fourth-order valence-corrected chi connectivity index (χ4v) is 3.15. The molecular weight excluding hydrogens is 366 g/mol. The maximum Gasteiger partial charge on any atom is 0.346 e. The first kappa shape index (κ1) is 18.6. The molecule has 1 aliphatic heterocycles. The summed E-state index contributed by atoms with van der Waals surface area (Å²) in [6.07, 6.45) is 3.83. The first-order chi connectivity index (χ1) is 14.0. The van der Waals surface area contributed by atoms with Crippen LogP contribution in [-0.4, -0.2) is 38.5 Å². The first-order valence-corrected chi connectivity index (χ1v) is 9.43. The van der Waals surface area contributed by atoms with E-state index in [1.165, 1.54) is 6.21 Å². The molecule has 1 unspecified atom stereocenters. The molecule has 1 fully saturated rings. The molecule has 1 aromatic heterocycles. The molecule has 1 N–H and O–H groups in total. The Labute approximate surface area is 168 Å². The minimum atomic E-state index is -0.926. The molecule has 0 radical (unpaired) electrons. The normalized spacial score (nSPS) is 19.2. The average molecular weight is 387 g/mol. The fourth-order valence-electron chi connectivity index (χ4n) is 3.15. The minimum Gasteiger partial charge on any atom is -0.322 e. The number of hydrogen-bond acceptors (Lipinski definition) is 4. The molecular formula is C22H21N5O2. The van der Waals surface area contributed by atoms with Gasteiger partial charge >= 0.3 is 6.03 Å². The van der Waals surface area contributed by atoms with E-state index in [0.717, 1.165) is 16.3 Å². The zero-order chi connectivity index (χ0) is 20.4. The summed E-state index contributed by atoms with van der Waals surface area (Å²) in [5.41, 5.74) is 2.30. The van der Waals surface area contributed by atoms with Crippen molar-refractivity contribution < 1.29 is 9.59 Å². The van der Waals surface area contributed by atoms with Crippen LogP contribution in [0.2, 0.25) is 0 Å². The number of imide groups is 1. The van der Waals surface area contributed by atoms with Gasteiger partial charge in [-0.2, -0.15) is 10.2 Å². The number of para-hydroxylation sites is 1. The Morgan fingerprint density at radius 1 is 1.07 bits per heavy atom. The van der Waals surface area contributed by atoms with Crippen LogP contribution in [-0.2, 0) is 4.79 Å². The summed E-state index contributed by atoms with van der Waals surface area (Å²) >= 11 is 0. The van der Waals surface area contributed by atoms with Crippen molar-refractivity contribution in [2.75, 3.05) is 0 Å². The van der Waals surface area contributed by atoms with Gasteiger partial charge in [0.25, 0.3) is 5.91 Å². The summed E-state index contributed by atoms with van der Waals surface area (Å²) in [7, 11) is 0. The number of carbonyl (C=O) groups excluding carboxylic acids is 2. The summed E-state index contributed by atoms with van der Waals surface area (Å²) in [5.74, 6) is -0.363. The van der Waals surface area contributed by atoms with E-state index in [0.29, 0.717) is 17.7 Å². The Kier molecular flexibility index (Phi) is 4.72. The van der Waals surface area contributed by atoms with E-state index in [-0.39, 0.29) is 5.91 Å². The molecule has 7 heteroatoms.